The number of hydrogen-bond acceptors (Lipinski definition) is 6. The predicted octanol–water partition coefficient (Wildman–Crippen LogP) is 6.37. The van der Waals surface area contributed by atoms with E-state index in [2.05, 4.69) is 5.32 Å². The molecule has 12 heteroatoms. The molecule has 0 aliphatic carbocycles. The van der Waals surface area contributed by atoms with Crippen LogP contribution in [-0.2, 0) is 38.3 Å². The maximum atomic E-state index is 13.2. The first kappa shape index (κ1) is 31.2. The van der Waals surface area contributed by atoms with E-state index >= 15 is 0 Å². The van der Waals surface area contributed by atoms with Crippen molar-refractivity contribution in [3.63, 3.8) is 0 Å². The number of hydrogen-bond donors (Lipinski definition) is 2. The number of para-hydroxylation sites is 1. The lowest BCUT2D eigenvalue weighted by molar-refractivity contribution is -0.147. The molecular weight excluding hydrogens is 594 g/mol. The highest BCUT2D eigenvalue weighted by atomic mass is 35.5. The molecule has 42 heavy (non-hydrogen) atoms. The molecule has 0 aromatic heterocycles. The van der Waals surface area contributed by atoms with Gasteiger partial charge in [-0.25, -0.2) is 4.79 Å². The summed E-state index contributed by atoms with van der Waals surface area (Å²) in [5.41, 5.74) is 7.65. The average molecular weight is 622 g/mol. The van der Waals surface area contributed by atoms with Gasteiger partial charge in [0.2, 0.25) is 0 Å². The number of rotatable bonds is 9. The molecule has 0 radical (unpaired) electrons. The van der Waals surface area contributed by atoms with Crippen LogP contribution in [0.1, 0.15) is 29.2 Å². The first-order valence-corrected chi connectivity index (χ1v) is 13.6. The number of benzene rings is 3. The molecule has 0 spiro atoms. The Morgan fingerprint density at radius 1 is 1.07 bits per heavy atom. The molecular formula is C30H28Cl2F3N3O4. The first-order valence-electron chi connectivity index (χ1n) is 12.8. The Hall–Kier alpha value is -3.73. The third-order valence-corrected chi connectivity index (χ3v) is 7.17. The van der Waals surface area contributed by atoms with Crippen molar-refractivity contribution in [3.8, 4) is 0 Å². The van der Waals surface area contributed by atoms with Gasteiger partial charge >= 0.3 is 12.1 Å². The van der Waals surface area contributed by atoms with Crippen molar-refractivity contribution in [1.82, 2.24) is 0 Å². The highest BCUT2D eigenvalue weighted by molar-refractivity contribution is 6.31. The standard InChI is InChI=1S/C30H28Cl2F3N3O4/c1-29(32)25(16-20-15-21(31)11-12-23(20)37-29)42-17-19-8-4-6-10-24(19)38(2)27(39)26(36)28(40)41-14-13-18-7-3-5-9-22(18)30(33,34)35/h3-12,15-16,26,37H,13-14,17,36H2,1-2H3. The number of nitrogens with zero attached hydrogens (tertiary/aromatic N) is 1. The molecule has 2 unspecified atom stereocenters. The molecule has 3 N–H and O–H groups in total. The SMILES string of the molecule is CN(C(=O)C(N)C(=O)OCCc1ccccc1C(F)(F)F)c1ccccc1COC1=Cc2cc(Cl)ccc2NC1(C)Cl. The second-order valence-corrected chi connectivity index (χ2v) is 10.9. The van der Waals surface area contributed by atoms with E-state index in [1.54, 1.807) is 49.4 Å². The molecule has 1 aliphatic rings. The first-order chi connectivity index (χ1) is 19.8. The van der Waals surface area contributed by atoms with Gasteiger partial charge in [0.05, 0.1) is 12.2 Å². The number of halogens is 5. The fourth-order valence-electron chi connectivity index (χ4n) is 4.45. The van der Waals surface area contributed by atoms with E-state index in [-0.39, 0.29) is 25.2 Å². The van der Waals surface area contributed by atoms with Gasteiger partial charge in [0.25, 0.3) is 5.91 Å². The van der Waals surface area contributed by atoms with E-state index in [9.17, 15) is 22.8 Å². The molecule has 0 saturated heterocycles. The lowest BCUT2D eigenvalue weighted by Crippen LogP contribution is -2.48. The van der Waals surface area contributed by atoms with Gasteiger partial charge in [-0.05, 0) is 48.9 Å². The number of amides is 1. The second-order valence-electron chi connectivity index (χ2n) is 9.73. The Bertz CT molecular complexity index is 1510. The minimum atomic E-state index is -4.54. The van der Waals surface area contributed by atoms with E-state index < -0.39 is 34.7 Å². The summed E-state index contributed by atoms with van der Waals surface area (Å²) in [6.45, 7) is 1.39. The number of ether oxygens (including phenoxy) is 2. The van der Waals surface area contributed by atoms with Gasteiger partial charge in [-0.3, -0.25) is 4.79 Å². The summed E-state index contributed by atoms with van der Waals surface area (Å²) in [5.74, 6) is -1.40. The number of carbonyl (C=O) groups is 2. The molecule has 1 heterocycles. The fourth-order valence-corrected chi connectivity index (χ4v) is 4.84. The van der Waals surface area contributed by atoms with Crippen LogP contribution >= 0.6 is 23.2 Å². The quantitative estimate of drug-likeness (QED) is 0.125. The fraction of sp³-hybridized carbons (Fsp3) is 0.267. The maximum Gasteiger partial charge on any atom is 0.416 e. The zero-order valence-electron chi connectivity index (χ0n) is 22.7. The molecule has 2 atom stereocenters. The summed E-state index contributed by atoms with van der Waals surface area (Å²) in [6, 6.07) is 15.5. The summed E-state index contributed by atoms with van der Waals surface area (Å²) >= 11 is 12.8. The normalized spacial score (nSPS) is 16.9. The summed E-state index contributed by atoms with van der Waals surface area (Å²) in [4.78, 5) is 25.8. The van der Waals surface area contributed by atoms with E-state index in [1.807, 2.05) is 6.07 Å². The molecule has 1 amide bonds. The number of alkyl halides is 4. The Morgan fingerprint density at radius 2 is 1.74 bits per heavy atom. The van der Waals surface area contributed by atoms with Crippen molar-refractivity contribution in [3.05, 3.63) is 99.8 Å². The lowest BCUT2D eigenvalue weighted by Gasteiger charge is -2.33. The Balaban J connectivity index is 1.40. The number of likely N-dealkylation sites (N-methyl/N-ethyl adjacent to an activating group) is 1. The van der Waals surface area contributed by atoms with Gasteiger partial charge in [-0.15, -0.1) is 0 Å². The number of anilines is 2. The third-order valence-electron chi connectivity index (χ3n) is 6.66. The summed E-state index contributed by atoms with van der Waals surface area (Å²) in [5, 5.41) is 3.75. The van der Waals surface area contributed by atoms with Crippen LogP contribution in [0.4, 0.5) is 24.5 Å². The predicted molar refractivity (Wildman–Crippen MR) is 156 cm³/mol. The number of esters is 1. The van der Waals surface area contributed by atoms with Crippen LogP contribution in [0.15, 0.2) is 72.5 Å². The largest absolute Gasteiger partial charge is 0.489 e. The Kier molecular flexibility index (Phi) is 9.40. The number of fused-ring (bicyclic) bond motifs is 1. The third kappa shape index (κ3) is 7.18. The van der Waals surface area contributed by atoms with E-state index in [1.165, 1.54) is 30.1 Å². The highest BCUT2D eigenvalue weighted by Gasteiger charge is 2.34. The second kappa shape index (κ2) is 12.6. The highest BCUT2D eigenvalue weighted by Crippen LogP contribution is 2.38. The van der Waals surface area contributed by atoms with Crippen molar-refractivity contribution >= 4 is 52.5 Å². The molecule has 1 aliphatic heterocycles. The minimum Gasteiger partial charge on any atom is -0.489 e. The van der Waals surface area contributed by atoms with Crippen molar-refractivity contribution in [2.45, 2.75) is 37.2 Å². The van der Waals surface area contributed by atoms with Gasteiger partial charge in [0, 0.05) is 41.0 Å². The van der Waals surface area contributed by atoms with Crippen LogP contribution < -0.4 is 16.0 Å². The number of nitrogens with one attached hydrogen (secondary N) is 1. The van der Waals surface area contributed by atoms with Crippen LogP contribution in [0.3, 0.4) is 0 Å². The monoisotopic (exact) mass is 621 g/mol. The van der Waals surface area contributed by atoms with E-state index in [0.717, 1.165) is 17.3 Å². The molecule has 3 aromatic carbocycles. The Morgan fingerprint density at radius 3 is 2.45 bits per heavy atom. The van der Waals surface area contributed by atoms with Gasteiger partial charge in [-0.2, -0.15) is 13.2 Å². The summed E-state index contributed by atoms with van der Waals surface area (Å²) < 4.78 is 50.8. The lowest BCUT2D eigenvalue weighted by atomic mass is 10.0. The molecule has 4 rings (SSSR count). The summed E-state index contributed by atoms with van der Waals surface area (Å²) in [6.07, 6.45) is -2.96. The number of nitrogens with two attached hydrogens (primary N) is 1. The molecule has 3 aromatic rings. The van der Waals surface area contributed by atoms with Gasteiger partial charge < -0.3 is 25.4 Å². The van der Waals surface area contributed by atoms with Crippen LogP contribution in [0.25, 0.3) is 6.08 Å². The Labute approximate surface area is 251 Å². The van der Waals surface area contributed by atoms with Gasteiger partial charge in [-0.1, -0.05) is 59.6 Å². The summed E-state index contributed by atoms with van der Waals surface area (Å²) in [7, 11) is 1.44. The van der Waals surface area contributed by atoms with Crippen molar-refractivity contribution in [2.24, 2.45) is 5.73 Å². The molecule has 7 nitrogen and oxygen atoms in total. The molecule has 0 bridgehead atoms. The topological polar surface area (TPSA) is 93.9 Å². The zero-order chi connectivity index (χ0) is 30.7. The average Bonchev–Trinajstić information content (AvgIpc) is 2.94. The van der Waals surface area contributed by atoms with E-state index in [0.29, 0.717) is 22.0 Å². The van der Waals surface area contributed by atoms with Crippen LogP contribution in [0, 0.1) is 0 Å². The smallest absolute Gasteiger partial charge is 0.416 e. The zero-order valence-corrected chi connectivity index (χ0v) is 24.2. The maximum absolute atomic E-state index is 13.2. The van der Waals surface area contributed by atoms with Crippen molar-refractivity contribution < 1.29 is 32.2 Å². The van der Waals surface area contributed by atoms with Gasteiger partial charge in [0.1, 0.15) is 12.4 Å². The van der Waals surface area contributed by atoms with E-state index in [4.69, 9.17) is 38.4 Å². The molecule has 0 saturated carbocycles. The van der Waals surface area contributed by atoms with Crippen LogP contribution in [-0.4, -0.2) is 36.6 Å². The minimum absolute atomic E-state index is 0.0256. The van der Waals surface area contributed by atoms with Crippen molar-refractivity contribution in [1.29, 1.82) is 0 Å². The number of carbonyl (C=O) groups excluding carboxylic acids is 2. The van der Waals surface area contributed by atoms with Crippen molar-refractivity contribution in [2.75, 3.05) is 23.9 Å². The molecule has 222 valence electrons. The van der Waals surface area contributed by atoms with Crippen LogP contribution in [0.2, 0.25) is 5.02 Å². The van der Waals surface area contributed by atoms with Crippen LogP contribution in [0.5, 0.6) is 0 Å². The molecule has 0 fully saturated rings. The van der Waals surface area contributed by atoms with Gasteiger partial charge in [0.15, 0.2) is 11.0 Å².